The first-order valence-corrected chi connectivity index (χ1v) is 10.6. The molecule has 1 fully saturated rings. The van der Waals surface area contributed by atoms with Gasteiger partial charge in [0, 0.05) is 42.3 Å². The summed E-state index contributed by atoms with van der Waals surface area (Å²) in [5, 5.41) is 6.51. The number of carbonyl (C=O) groups is 2. The zero-order chi connectivity index (χ0) is 21.3. The fraction of sp³-hybridized carbons (Fsp3) is 0.391. The van der Waals surface area contributed by atoms with Gasteiger partial charge in [0.25, 0.3) is 0 Å². The molecule has 1 aliphatic rings. The molecule has 160 valence electrons. The molecule has 0 aromatic heterocycles. The third-order valence-corrected chi connectivity index (χ3v) is 5.60. The van der Waals surface area contributed by atoms with Crippen LogP contribution >= 0.6 is 11.6 Å². The van der Waals surface area contributed by atoms with Gasteiger partial charge in [-0.25, -0.2) is 4.79 Å². The molecule has 6 nitrogen and oxygen atoms in total. The number of hydrogen-bond donors (Lipinski definition) is 2. The standard InChI is InChI=1S/C23H28ClN3O3/c1-30-21-7-3-2-6-18(21)15-25-22(28)13-8-17-5-4-14-27(16-17)23(29)26-20-11-9-19(24)10-12-20/h2-3,6-7,9-12,17H,4-5,8,13-16H2,1H3,(H,25,28)(H,26,29). The summed E-state index contributed by atoms with van der Waals surface area (Å²) in [6.07, 6.45) is 3.20. The van der Waals surface area contributed by atoms with E-state index in [1.54, 1.807) is 31.4 Å². The fourth-order valence-corrected chi connectivity index (χ4v) is 3.81. The lowest BCUT2D eigenvalue weighted by Crippen LogP contribution is -2.42. The number of carbonyl (C=O) groups excluding carboxylic acids is 2. The van der Waals surface area contributed by atoms with E-state index in [0.29, 0.717) is 30.5 Å². The van der Waals surface area contributed by atoms with Crippen LogP contribution in [0.2, 0.25) is 5.02 Å². The van der Waals surface area contributed by atoms with E-state index >= 15 is 0 Å². The van der Waals surface area contributed by atoms with Crippen LogP contribution in [0.4, 0.5) is 10.5 Å². The Hall–Kier alpha value is -2.73. The minimum Gasteiger partial charge on any atom is -0.496 e. The number of piperidine rings is 1. The van der Waals surface area contributed by atoms with Crippen molar-refractivity contribution >= 4 is 29.2 Å². The number of methoxy groups -OCH3 is 1. The maximum absolute atomic E-state index is 12.5. The lowest BCUT2D eigenvalue weighted by atomic mass is 9.93. The van der Waals surface area contributed by atoms with Gasteiger partial charge in [0.15, 0.2) is 0 Å². The summed E-state index contributed by atoms with van der Waals surface area (Å²) in [6, 6.07) is 14.6. The minimum absolute atomic E-state index is 0.0173. The van der Waals surface area contributed by atoms with E-state index in [1.807, 2.05) is 29.2 Å². The van der Waals surface area contributed by atoms with Gasteiger partial charge in [-0.05, 0) is 55.5 Å². The molecule has 2 aromatic carbocycles. The number of para-hydroxylation sites is 1. The number of nitrogens with one attached hydrogen (secondary N) is 2. The lowest BCUT2D eigenvalue weighted by Gasteiger charge is -2.32. The van der Waals surface area contributed by atoms with Crippen LogP contribution in [-0.2, 0) is 11.3 Å². The summed E-state index contributed by atoms with van der Waals surface area (Å²) in [6.45, 7) is 1.85. The van der Waals surface area contributed by atoms with Gasteiger partial charge < -0.3 is 20.3 Å². The van der Waals surface area contributed by atoms with E-state index in [-0.39, 0.29) is 11.9 Å². The topological polar surface area (TPSA) is 70.7 Å². The van der Waals surface area contributed by atoms with E-state index in [0.717, 1.165) is 42.8 Å². The molecule has 0 radical (unpaired) electrons. The van der Waals surface area contributed by atoms with Crippen molar-refractivity contribution in [2.24, 2.45) is 5.92 Å². The summed E-state index contributed by atoms with van der Waals surface area (Å²) in [7, 11) is 1.62. The molecule has 1 atom stereocenters. The van der Waals surface area contributed by atoms with Crippen LogP contribution < -0.4 is 15.4 Å². The van der Waals surface area contributed by atoms with Crippen LogP contribution in [0.15, 0.2) is 48.5 Å². The van der Waals surface area contributed by atoms with Crippen molar-refractivity contribution in [3.63, 3.8) is 0 Å². The molecule has 1 aliphatic heterocycles. The maximum Gasteiger partial charge on any atom is 0.321 e. The van der Waals surface area contributed by atoms with Crippen LogP contribution in [0, 0.1) is 5.92 Å². The Labute approximate surface area is 182 Å². The normalized spacial score (nSPS) is 16.1. The number of urea groups is 1. The predicted octanol–water partition coefficient (Wildman–Crippen LogP) is 4.69. The second-order valence-corrected chi connectivity index (χ2v) is 7.96. The summed E-state index contributed by atoms with van der Waals surface area (Å²) < 4.78 is 5.31. The number of halogens is 1. The van der Waals surface area contributed by atoms with Crippen molar-refractivity contribution in [3.8, 4) is 5.75 Å². The van der Waals surface area contributed by atoms with Crippen molar-refractivity contribution in [3.05, 3.63) is 59.1 Å². The highest BCUT2D eigenvalue weighted by atomic mass is 35.5. The molecule has 0 saturated carbocycles. The Morgan fingerprint density at radius 2 is 1.93 bits per heavy atom. The van der Waals surface area contributed by atoms with Gasteiger partial charge in [-0.2, -0.15) is 0 Å². The summed E-state index contributed by atoms with van der Waals surface area (Å²) >= 11 is 5.89. The summed E-state index contributed by atoms with van der Waals surface area (Å²) in [5.74, 6) is 1.11. The first-order chi connectivity index (χ1) is 14.5. The second kappa shape index (κ2) is 10.9. The van der Waals surface area contributed by atoms with E-state index in [4.69, 9.17) is 16.3 Å². The Bertz CT molecular complexity index is 857. The first-order valence-electron chi connectivity index (χ1n) is 10.2. The third-order valence-electron chi connectivity index (χ3n) is 5.35. The number of hydrogen-bond acceptors (Lipinski definition) is 3. The smallest absolute Gasteiger partial charge is 0.321 e. The molecule has 3 rings (SSSR count). The van der Waals surface area contributed by atoms with Crippen LogP contribution in [0.3, 0.4) is 0 Å². The van der Waals surface area contributed by atoms with Gasteiger partial charge in [0.1, 0.15) is 5.75 Å². The monoisotopic (exact) mass is 429 g/mol. The zero-order valence-electron chi connectivity index (χ0n) is 17.2. The fourth-order valence-electron chi connectivity index (χ4n) is 3.69. The van der Waals surface area contributed by atoms with Gasteiger partial charge in [-0.15, -0.1) is 0 Å². The summed E-state index contributed by atoms with van der Waals surface area (Å²) in [4.78, 5) is 26.7. The average molecular weight is 430 g/mol. The Morgan fingerprint density at radius 1 is 1.17 bits per heavy atom. The van der Waals surface area contributed by atoms with Gasteiger partial charge in [-0.3, -0.25) is 4.79 Å². The molecule has 3 amide bonds. The number of anilines is 1. The number of ether oxygens (including phenoxy) is 1. The molecule has 2 N–H and O–H groups in total. The van der Waals surface area contributed by atoms with Gasteiger partial charge in [-0.1, -0.05) is 29.8 Å². The van der Waals surface area contributed by atoms with Gasteiger partial charge in [0.2, 0.25) is 5.91 Å². The molecule has 0 spiro atoms. The van der Waals surface area contributed by atoms with Crippen LogP contribution in [-0.4, -0.2) is 37.0 Å². The first kappa shape index (κ1) is 22.0. The quantitative estimate of drug-likeness (QED) is 0.670. The van der Waals surface area contributed by atoms with E-state index in [9.17, 15) is 9.59 Å². The highest BCUT2D eigenvalue weighted by molar-refractivity contribution is 6.30. The van der Waals surface area contributed by atoms with Crippen molar-refractivity contribution < 1.29 is 14.3 Å². The Kier molecular flexibility index (Phi) is 7.97. The molecule has 7 heteroatoms. The van der Waals surface area contributed by atoms with Crippen molar-refractivity contribution in [1.29, 1.82) is 0 Å². The number of rotatable bonds is 7. The highest BCUT2D eigenvalue weighted by Crippen LogP contribution is 2.22. The van der Waals surface area contributed by atoms with Gasteiger partial charge >= 0.3 is 6.03 Å². The molecule has 1 saturated heterocycles. The maximum atomic E-state index is 12.5. The number of benzene rings is 2. The number of amides is 3. The molecule has 1 unspecified atom stereocenters. The second-order valence-electron chi connectivity index (χ2n) is 7.52. The molecule has 2 aromatic rings. The molecule has 1 heterocycles. The third kappa shape index (κ3) is 6.39. The summed E-state index contributed by atoms with van der Waals surface area (Å²) in [5.41, 5.74) is 1.68. The largest absolute Gasteiger partial charge is 0.496 e. The SMILES string of the molecule is COc1ccccc1CNC(=O)CCC1CCCN(C(=O)Nc2ccc(Cl)cc2)C1. The molecular formula is C23H28ClN3O3. The van der Waals surface area contributed by atoms with E-state index in [2.05, 4.69) is 10.6 Å². The zero-order valence-corrected chi connectivity index (χ0v) is 18.0. The van der Waals surface area contributed by atoms with Crippen molar-refractivity contribution in [2.75, 3.05) is 25.5 Å². The molecule has 0 aliphatic carbocycles. The van der Waals surface area contributed by atoms with E-state index < -0.39 is 0 Å². The molecule has 30 heavy (non-hydrogen) atoms. The minimum atomic E-state index is -0.109. The lowest BCUT2D eigenvalue weighted by molar-refractivity contribution is -0.121. The number of likely N-dealkylation sites (tertiary alicyclic amines) is 1. The van der Waals surface area contributed by atoms with Crippen LogP contribution in [0.25, 0.3) is 0 Å². The molecule has 0 bridgehead atoms. The molecular weight excluding hydrogens is 402 g/mol. The van der Waals surface area contributed by atoms with Gasteiger partial charge in [0.05, 0.1) is 7.11 Å². The van der Waals surface area contributed by atoms with Crippen molar-refractivity contribution in [2.45, 2.75) is 32.2 Å². The highest BCUT2D eigenvalue weighted by Gasteiger charge is 2.24. The van der Waals surface area contributed by atoms with E-state index in [1.165, 1.54) is 0 Å². The predicted molar refractivity (Wildman–Crippen MR) is 119 cm³/mol. The van der Waals surface area contributed by atoms with Crippen LogP contribution in [0.5, 0.6) is 5.75 Å². The number of nitrogens with zero attached hydrogens (tertiary/aromatic N) is 1. The Morgan fingerprint density at radius 3 is 2.70 bits per heavy atom. The Balaban J connectivity index is 1.42. The van der Waals surface area contributed by atoms with Crippen LogP contribution in [0.1, 0.15) is 31.2 Å². The average Bonchev–Trinajstić information content (AvgIpc) is 2.78. The van der Waals surface area contributed by atoms with Crippen molar-refractivity contribution in [1.82, 2.24) is 10.2 Å².